The highest BCUT2D eigenvalue weighted by Gasteiger charge is 2.20. The van der Waals surface area contributed by atoms with Gasteiger partial charge in [0.15, 0.2) is 5.76 Å². The molecule has 1 N–H and O–H groups in total. The average molecular weight is 362 g/mol. The largest absolute Gasteiger partial charge is 0.502 e. The molecule has 1 saturated heterocycles. The van der Waals surface area contributed by atoms with Gasteiger partial charge in [-0.2, -0.15) is 0 Å². The molecule has 26 heavy (non-hydrogen) atoms. The van der Waals surface area contributed by atoms with Crippen LogP contribution in [0.5, 0.6) is 11.5 Å². The van der Waals surface area contributed by atoms with Crippen molar-refractivity contribution < 1.29 is 18.7 Å². The first-order valence-electron chi connectivity index (χ1n) is 8.67. The highest BCUT2D eigenvalue weighted by atomic mass is 19.1. The molecule has 6 nitrogen and oxygen atoms in total. The molecule has 0 amide bonds. The second-order valence-corrected chi connectivity index (χ2v) is 6.41. The maximum absolute atomic E-state index is 12.9. The van der Waals surface area contributed by atoms with Gasteiger partial charge >= 0.3 is 0 Å². The summed E-state index contributed by atoms with van der Waals surface area (Å²) in [5, 5.41) is 9.86. The molecule has 0 spiro atoms. The maximum Gasteiger partial charge on any atom is 0.227 e. The number of hydrogen-bond donors (Lipinski definition) is 1. The standard InChI is InChI=1S/C19H23FN2O4/c1-14-12-17(23)19(24)18(26-14)13-22-8-6-21(7-9-22)10-11-25-16-4-2-15(20)3-5-16/h2-5,12,24H,6-11,13H2,1H3. The minimum absolute atomic E-state index is 0.274. The van der Waals surface area contributed by atoms with E-state index in [1.54, 1.807) is 19.1 Å². The number of aromatic hydroxyl groups is 1. The molecule has 0 bridgehead atoms. The fourth-order valence-electron chi connectivity index (χ4n) is 2.97. The second kappa shape index (κ2) is 8.33. The van der Waals surface area contributed by atoms with E-state index in [-0.39, 0.29) is 11.6 Å². The third-order valence-corrected chi connectivity index (χ3v) is 4.44. The molecule has 1 fully saturated rings. The van der Waals surface area contributed by atoms with Crippen molar-refractivity contribution in [1.29, 1.82) is 0 Å². The van der Waals surface area contributed by atoms with Crippen molar-refractivity contribution in [2.45, 2.75) is 13.5 Å². The minimum Gasteiger partial charge on any atom is -0.502 e. The number of benzene rings is 1. The van der Waals surface area contributed by atoms with Crippen LogP contribution in [0.3, 0.4) is 0 Å². The van der Waals surface area contributed by atoms with Crippen LogP contribution in [0.15, 0.2) is 39.5 Å². The monoisotopic (exact) mass is 362 g/mol. The Bertz CT molecular complexity index is 783. The Labute approximate surface area is 151 Å². The molecule has 0 unspecified atom stereocenters. The minimum atomic E-state index is -0.402. The number of nitrogens with zero attached hydrogens (tertiary/aromatic N) is 2. The molecule has 1 aliphatic rings. The lowest BCUT2D eigenvalue weighted by Gasteiger charge is -2.34. The van der Waals surface area contributed by atoms with Gasteiger partial charge in [-0.1, -0.05) is 0 Å². The van der Waals surface area contributed by atoms with Crippen LogP contribution in [0.4, 0.5) is 4.39 Å². The molecule has 3 rings (SSSR count). The van der Waals surface area contributed by atoms with Crippen molar-refractivity contribution in [2.24, 2.45) is 0 Å². The summed E-state index contributed by atoms with van der Waals surface area (Å²) < 4.78 is 24.0. The number of aryl methyl sites for hydroxylation is 1. The maximum atomic E-state index is 12.9. The summed E-state index contributed by atoms with van der Waals surface area (Å²) in [7, 11) is 0. The van der Waals surface area contributed by atoms with Gasteiger partial charge < -0.3 is 14.3 Å². The third-order valence-electron chi connectivity index (χ3n) is 4.44. The van der Waals surface area contributed by atoms with Crippen LogP contribution in [-0.4, -0.2) is 54.2 Å². The van der Waals surface area contributed by atoms with E-state index in [0.717, 1.165) is 32.7 Å². The Morgan fingerprint density at radius 3 is 2.50 bits per heavy atom. The third kappa shape index (κ3) is 4.83. The molecule has 0 radical (unpaired) electrons. The lowest BCUT2D eigenvalue weighted by atomic mass is 10.2. The predicted molar refractivity (Wildman–Crippen MR) is 95.0 cm³/mol. The van der Waals surface area contributed by atoms with E-state index in [1.807, 2.05) is 0 Å². The zero-order valence-corrected chi connectivity index (χ0v) is 14.8. The Kier molecular flexibility index (Phi) is 5.90. The topological polar surface area (TPSA) is 66.2 Å². The molecular formula is C19H23FN2O4. The molecule has 0 aliphatic carbocycles. The smallest absolute Gasteiger partial charge is 0.227 e. The van der Waals surface area contributed by atoms with E-state index in [4.69, 9.17) is 9.15 Å². The number of halogens is 1. The molecule has 1 aliphatic heterocycles. The summed E-state index contributed by atoms with van der Waals surface area (Å²) in [6, 6.07) is 7.29. The van der Waals surface area contributed by atoms with Gasteiger partial charge in [-0.15, -0.1) is 0 Å². The molecule has 140 valence electrons. The Hall–Kier alpha value is -2.38. The van der Waals surface area contributed by atoms with Crippen LogP contribution in [0, 0.1) is 12.7 Å². The summed E-state index contributed by atoms with van der Waals surface area (Å²) in [5.41, 5.74) is -0.402. The van der Waals surface area contributed by atoms with Crippen LogP contribution in [0.25, 0.3) is 0 Å². The van der Waals surface area contributed by atoms with Crippen molar-refractivity contribution in [1.82, 2.24) is 9.80 Å². The fraction of sp³-hybridized carbons (Fsp3) is 0.421. The van der Waals surface area contributed by atoms with Crippen molar-refractivity contribution in [2.75, 3.05) is 39.3 Å². The summed E-state index contributed by atoms with van der Waals surface area (Å²) in [5.74, 6) is 0.909. The Balaban J connectivity index is 1.43. The molecule has 1 aromatic carbocycles. The molecule has 1 aromatic heterocycles. The quantitative estimate of drug-likeness (QED) is 0.848. The van der Waals surface area contributed by atoms with Crippen LogP contribution in [-0.2, 0) is 6.54 Å². The number of hydrogen-bond acceptors (Lipinski definition) is 6. The predicted octanol–water partition coefficient (Wildman–Crippen LogP) is 1.99. The summed E-state index contributed by atoms with van der Waals surface area (Å²) in [6.45, 7) is 6.80. The molecule has 0 atom stereocenters. The van der Waals surface area contributed by atoms with E-state index in [2.05, 4.69) is 9.80 Å². The zero-order valence-electron chi connectivity index (χ0n) is 14.8. The highest BCUT2D eigenvalue weighted by Crippen LogP contribution is 2.17. The Morgan fingerprint density at radius 1 is 1.15 bits per heavy atom. The molecule has 0 saturated carbocycles. The first kappa shape index (κ1) is 18.4. The van der Waals surface area contributed by atoms with Crippen LogP contribution < -0.4 is 10.2 Å². The van der Waals surface area contributed by atoms with Gasteiger partial charge in [0.05, 0.1) is 6.54 Å². The van der Waals surface area contributed by atoms with Gasteiger partial charge in [-0.25, -0.2) is 4.39 Å². The first-order valence-corrected chi connectivity index (χ1v) is 8.67. The summed E-state index contributed by atoms with van der Waals surface area (Å²) in [4.78, 5) is 16.1. The van der Waals surface area contributed by atoms with Crippen molar-refractivity contribution in [3.05, 3.63) is 57.9 Å². The molecule has 2 aromatic rings. The lowest BCUT2D eigenvalue weighted by Crippen LogP contribution is -2.47. The van der Waals surface area contributed by atoms with Crippen LogP contribution >= 0.6 is 0 Å². The molecular weight excluding hydrogens is 339 g/mol. The van der Waals surface area contributed by atoms with Gasteiger partial charge in [-0.3, -0.25) is 14.6 Å². The molecule has 2 heterocycles. The van der Waals surface area contributed by atoms with Crippen molar-refractivity contribution in [3.63, 3.8) is 0 Å². The van der Waals surface area contributed by atoms with E-state index < -0.39 is 5.43 Å². The van der Waals surface area contributed by atoms with Crippen LogP contribution in [0.1, 0.15) is 11.5 Å². The van der Waals surface area contributed by atoms with Crippen LogP contribution in [0.2, 0.25) is 0 Å². The van der Waals surface area contributed by atoms with Crippen molar-refractivity contribution >= 4 is 0 Å². The average Bonchev–Trinajstić information content (AvgIpc) is 2.62. The van der Waals surface area contributed by atoms with E-state index >= 15 is 0 Å². The number of piperazine rings is 1. The summed E-state index contributed by atoms with van der Waals surface area (Å²) in [6.07, 6.45) is 0. The number of ether oxygens (including phenoxy) is 1. The second-order valence-electron chi connectivity index (χ2n) is 6.41. The SMILES string of the molecule is Cc1cc(=O)c(O)c(CN2CCN(CCOc3ccc(F)cc3)CC2)o1. The first-order chi connectivity index (χ1) is 12.5. The number of rotatable bonds is 6. The van der Waals surface area contributed by atoms with Gasteiger partial charge in [0.1, 0.15) is 23.9 Å². The normalized spacial score (nSPS) is 15.9. The molecule has 7 heteroatoms. The van der Waals surface area contributed by atoms with Gasteiger partial charge in [0.2, 0.25) is 11.2 Å². The highest BCUT2D eigenvalue weighted by molar-refractivity contribution is 5.24. The van der Waals surface area contributed by atoms with E-state index in [0.29, 0.717) is 30.4 Å². The summed E-state index contributed by atoms with van der Waals surface area (Å²) >= 11 is 0. The van der Waals surface area contributed by atoms with E-state index in [1.165, 1.54) is 18.2 Å². The fourth-order valence-corrected chi connectivity index (χ4v) is 2.97. The van der Waals surface area contributed by atoms with Crippen molar-refractivity contribution in [3.8, 4) is 11.5 Å². The Morgan fingerprint density at radius 2 is 1.81 bits per heavy atom. The lowest BCUT2D eigenvalue weighted by molar-refractivity contribution is 0.105. The van der Waals surface area contributed by atoms with Gasteiger partial charge in [0, 0.05) is 38.8 Å². The van der Waals surface area contributed by atoms with Gasteiger partial charge in [0.25, 0.3) is 0 Å². The zero-order chi connectivity index (χ0) is 18.5. The van der Waals surface area contributed by atoms with E-state index in [9.17, 15) is 14.3 Å². The van der Waals surface area contributed by atoms with Gasteiger partial charge in [-0.05, 0) is 31.2 Å².